The van der Waals surface area contributed by atoms with E-state index in [1.165, 1.54) is 0 Å². The zero-order chi connectivity index (χ0) is 15.1. The number of amides is 2. The van der Waals surface area contributed by atoms with Gasteiger partial charge < -0.3 is 14.7 Å². The van der Waals surface area contributed by atoms with Crippen LogP contribution in [0, 0.1) is 13.8 Å². The van der Waals surface area contributed by atoms with Gasteiger partial charge in [0.1, 0.15) is 6.04 Å². The zero-order valence-electron chi connectivity index (χ0n) is 12.1. The number of carbonyl (C=O) groups excluding carboxylic acids is 2. The average molecular weight is 288 g/mol. The number of hydrogen-bond acceptors (Lipinski definition) is 5. The Labute approximate surface area is 121 Å². The van der Waals surface area contributed by atoms with Crippen molar-refractivity contribution in [2.75, 3.05) is 13.1 Å². The third kappa shape index (κ3) is 2.14. The predicted molar refractivity (Wildman–Crippen MR) is 74.8 cm³/mol. The van der Waals surface area contributed by atoms with E-state index in [4.69, 9.17) is 4.52 Å². The lowest BCUT2D eigenvalue weighted by molar-refractivity contribution is -0.127. The van der Waals surface area contributed by atoms with Gasteiger partial charge in [0.05, 0.1) is 16.6 Å². The van der Waals surface area contributed by atoms with Crippen molar-refractivity contribution < 1.29 is 14.1 Å². The predicted octanol–water partition coefficient (Wildman–Crippen LogP) is 0.800. The number of aromatic nitrogens is 2. The molecule has 1 fully saturated rings. The molecule has 0 radical (unpaired) electrons. The highest BCUT2D eigenvalue weighted by atomic mass is 16.5. The number of fused-ring (bicyclic) bond motifs is 1. The standard InChI is InChI=1S/C14H16N4O3/c1-7-6-10(11-8(2)17-21-13(11)16-7)14(20)18-5-4-15-12(19)9(18)3/h6,9H,4-5H2,1-3H3,(H,15,19). The largest absolute Gasteiger partial charge is 0.353 e. The first-order valence-corrected chi connectivity index (χ1v) is 6.81. The van der Waals surface area contributed by atoms with E-state index in [0.29, 0.717) is 41.1 Å². The number of rotatable bonds is 1. The summed E-state index contributed by atoms with van der Waals surface area (Å²) in [6.45, 7) is 6.23. The highest BCUT2D eigenvalue weighted by Gasteiger charge is 2.31. The summed E-state index contributed by atoms with van der Waals surface area (Å²) in [5.74, 6) is -0.335. The summed E-state index contributed by atoms with van der Waals surface area (Å²) in [7, 11) is 0. The Hall–Kier alpha value is -2.44. The first kappa shape index (κ1) is 13.5. The maximum Gasteiger partial charge on any atom is 0.258 e. The third-order valence-corrected chi connectivity index (χ3v) is 3.74. The van der Waals surface area contributed by atoms with Gasteiger partial charge in [0.25, 0.3) is 11.6 Å². The van der Waals surface area contributed by atoms with Crippen molar-refractivity contribution in [2.45, 2.75) is 26.8 Å². The summed E-state index contributed by atoms with van der Waals surface area (Å²) in [5.41, 5.74) is 2.13. The van der Waals surface area contributed by atoms with Crippen molar-refractivity contribution in [3.63, 3.8) is 0 Å². The molecule has 0 spiro atoms. The smallest absolute Gasteiger partial charge is 0.258 e. The summed E-state index contributed by atoms with van der Waals surface area (Å²) >= 11 is 0. The molecule has 0 saturated carbocycles. The third-order valence-electron chi connectivity index (χ3n) is 3.74. The van der Waals surface area contributed by atoms with E-state index in [1.54, 1.807) is 31.7 Å². The minimum atomic E-state index is -0.491. The van der Waals surface area contributed by atoms with Gasteiger partial charge in [-0.25, -0.2) is 4.98 Å². The van der Waals surface area contributed by atoms with Crippen molar-refractivity contribution in [2.24, 2.45) is 0 Å². The van der Waals surface area contributed by atoms with Crippen LogP contribution in [-0.2, 0) is 4.79 Å². The molecule has 2 aromatic heterocycles. The normalized spacial score (nSPS) is 18.9. The molecule has 2 amide bonds. The molecule has 21 heavy (non-hydrogen) atoms. The number of nitrogens with one attached hydrogen (secondary N) is 1. The van der Waals surface area contributed by atoms with Crippen LogP contribution in [0.3, 0.4) is 0 Å². The van der Waals surface area contributed by atoms with Gasteiger partial charge in [0.15, 0.2) is 0 Å². The molecule has 1 aliphatic heterocycles. The highest BCUT2D eigenvalue weighted by molar-refractivity contribution is 6.07. The molecule has 1 aliphatic rings. The van der Waals surface area contributed by atoms with Crippen molar-refractivity contribution in [3.8, 4) is 0 Å². The Bertz CT molecular complexity index is 737. The molecule has 1 unspecified atom stereocenters. The summed E-state index contributed by atoms with van der Waals surface area (Å²) in [4.78, 5) is 30.4. The van der Waals surface area contributed by atoms with Crippen LogP contribution in [-0.4, -0.2) is 46.0 Å². The molecule has 3 rings (SSSR count). The first-order valence-electron chi connectivity index (χ1n) is 6.81. The Balaban J connectivity index is 2.09. The fourth-order valence-electron chi connectivity index (χ4n) is 2.60. The van der Waals surface area contributed by atoms with E-state index < -0.39 is 6.04 Å². The molecule has 2 aromatic rings. The lowest BCUT2D eigenvalue weighted by Gasteiger charge is -2.33. The van der Waals surface area contributed by atoms with E-state index in [2.05, 4.69) is 15.5 Å². The second kappa shape index (κ2) is 4.83. The van der Waals surface area contributed by atoms with Crippen LogP contribution in [0.1, 0.15) is 28.7 Å². The van der Waals surface area contributed by atoms with E-state index >= 15 is 0 Å². The topological polar surface area (TPSA) is 88.3 Å². The quantitative estimate of drug-likeness (QED) is 0.838. The Morgan fingerprint density at radius 2 is 2.24 bits per heavy atom. The molecule has 1 N–H and O–H groups in total. The number of nitrogens with zero attached hydrogens (tertiary/aromatic N) is 3. The minimum Gasteiger partial charge on any atom is -0.353 e. The van der Waals surface area contributed by atoms with Crippen LogP contribution >= 0.6 is 0 Å². The highest BCUT2D eigenvalue weighted by Crippen LogP contribution is 2.24. The van der Waals surface area contributed by atoms with Crippen LogP contribution in [0.2, 0.25) is 0 Å². The molecular weight excluding hydrogens is 272 g/mol. The SMILES string of the molecule is Cc1cc(C(=O)N2CCNC(=O)C2C)c2c(C)noc2n1. The lowest BCUT2D eigenvalue weighted by atomic mass is 10.1. The Morgan fingerprint density at radius 3 is 3.00 bits per heavy atom. The van der Waals surface area contributed by atoms with Crippen LogP contribution in [0.4, 0.5) is 0 Å². The maximum absolute atomic E-state index is 12.8. The molecule has 0 aliphatic carbocycles. The first-order chi connectivity index (χ1) is 9.99. The van der Waals surface area contributed by atoms with Crippen LogP contribution < -0.4 is 5.32 Å². The van der Waals surface area contributed by atoms with Gasteiger partial charge in [-0.2, -0.15) is 0 Å². The number of carbonyl (C=O) groups is 2. The maximum atomic E-state index is 12.8. The number of hydrogen-bond donors (Lipinski definition) is 1. The van der Waals surface area contributed by atoms with E-state index in [1.807, 2.05) is 0 Å². The van der Waals surface area contributed by atoms with Crippen molar-refractivity contribution in [3.05, 3.63) is 23.0 Å². The molecule has 0 bridgehead atoms. The second-order valence-corrected chi connectivity index (χ2v) is 5.22. The lowest BCUT2D eigenvalue weighted by Crippen LogP contribution is -2.55. The van der Waals surface area contributed by atoms with Gasteiger partial charge in [0.2, 0.25) is 5.91 Å². The molecule has 7 nitrogen and oxygen atoms in total. The average Bonchev–Trinajstić information content (AvgIpc) is 2.81. The number of piperazine rings is 1. The summed E-state index contributed by atoms with van der Waals surface area (Å²) < 4.78 is 5.14. The molecule has 7 heteroatoms. The second-order valence-electron chi connectivity index (χ2n) is 5.22. The zero-order valence-corrected chi connectivity index (χ0v) is 12.1. The van der Waals surface area contributed by atoms with E-state index in [0.717, 1.165) is 0 Å². The van der Waals surface area contributed by atoms with Crippen LogP contribution in [0.25, 0.3) is 11.1 Å². The Kier molecular flexibility index (Phi) is 3.12. The molecular formula is C14H16N4O3. The summed E-state index contributed by atoms with van der Waals surface area (Å²) in [6, 6.07) is 1.23. The van der Waals surface area contributed by atoms with E-state index in [9.17, 15) is 9.59 Å². The van der Waals surface area contributed by atoms with Gasteiger partial charge in [0, 0.05) is 18.8 Å². The summed E-state index contributed by atoms with van der Waals surface area (Å²) in [6.07, 6.45) is 0. The van der Waals surface area contributed by atoms with Gasteiger partial charge in [-0.3, -0.25) is 9.59 Å². The van der Waals surface area contributed by atoms with Gasteiger partial charge in [-0.1, -0.05) is 5.16 Å². The summed E-state index contributed by atoms with van der Waals surface area (Å²) in [5, 5.41) is 7.23. The number of pyridine rings is 1. The van der Waals surface area contributed by atoms with Gasteiger partial charge in [-0.15, -0.1) is 0 Å². The molecule has 1 saturated heterocycles. The molecule has 1 atom stereocenters. The van der Waals surface area contributed by atoms with E-state index in [-0.39, 0.29) is 11.8 Å². The Morgan fingerprint density at radius 1 is 1.48 bits per heavy atom. The van der Waals surface area contributed by atoms with Crippen LogP contribution in [0.15, 0.2) is 10.6 Å². The molecule has 3 heterocycles. The molecule has 110 valence electrons. The van der Waals surface area contributed by atoms with Gasteiger partial charge in [-0.05, 0) is 26.8 Å². The van der Waals surface area contributed by atoms with Gasteiger partial charge >= 0.3 is 0 Å². The fraction of sp³-hybridized carbons (Fsp3) is 0.429. The van der Waals surface area contributed by atoms with Crippen molar-refractivity contribution in [1.29, 1.82) is 0 Å². The molecule has 0 aromatic carbocycles. The van der Waals surface area contributed by atoms with Crippen molar-refractivity contribution in [1.82, 2.24) is 20.4 Å². The monoisotopic (exact) mass is 288 g/mol. The van der Waals surface area contributed by atoms with Crippen molar-refractivity contribution >= 4 is 22.9 Å². The fourth-order valence-corrected chi connectivity index (χ4v) is 2.60. The van der Waals surface area contributed by atoms with Crippen LogP contribution in [0.5, 0.6) is 0 Å². The number of aryl methyl sites for hydroxylation is 2. The minimum absolute atomic E-state index is 0.140.